The highest BCUT2D eigenvalue weighted by atomic mass is 16.1. The van der Waals surface area contributed by atoms with Crippen molar-refractivity contribution in [2.75, 3.05) is 14.1 Å². The van der Waals surface area contributed by atoms with Gasteiger partial charge in [-0.3, -0.25) is 0 Å². The molecule has 0 radical (unpaired) electrons. The molecule has 4 nitrogen and oxygen atoms in total. The standard InChI is InChI=1S/C20H18.2C2H3NO.C2H6/c1-3-8-17(9-4-1)14-19-12-7-13-20(16-19)15-18-10-5-2-6-11-18;2*1-3-2-4;1-2/h1-13,16H,14-15H2;2*1H3;1-2H3. The first-order valence-corrected chi connectivity index (χ1v) is 9.81. The summed E-state index contributed by atoms with van der Waals surface area (Å²) in [5.74, 6) is 0. The van der Waals surface area contributed by atoms with Gasteiger partial charge in [0.1, 0.15) is 0 Å². The molecule has 0 fully saturated rings. The van der Waals surface area contributed by atoms with Crippen LogP contribution in [0.3, 0.4) is 0 Å². The molecule has 0 aliphatic heterocycles. The van der Waals surface area contributed by atoms with Gasteiger partial charge in [-0.2, -0.15) is 0 Å². The van der Waals surface area contributed by atoms with E-state index in [0.29, 0.717) is 0 Å². The van der Waals surface area contributed by atoms with Crippen LogP contribution in [-0.2, 0) is 22.4 Å². The number of nitrogens with zero attached hydrogens (tertiary/aromatic N) is 2. The van der Waals surface area contributed by atoms with Gasteiger partial charge in [-0.25, -0.2) is 19.6 Å². The van der Waals surface area contributed by atoms with Gasteiger partial charge in [0.15, 0.2) is 0 Å². The molecule has 0 saturated heterocycles. The Bertz CT molecular complexity index is 824. The molecule has 0 spiro atoms. The number of carbonyl (C=O) groups excluding carboxylic acids is 2. The van der Waals surface area contributed by atoms with Gasteiger partial charge in [0.05, 0.1) is 0 Å². The molecule has 0 saturated carbocycles. The minimum absolute atomic E-state index is 1.00. The van der Waals surface area contributed by atoms with E-state index in [1.165, 1.54) is 48.5 Å². The van der Waals surface area contributed by atoms with Crippen molar-refractivity contribution in [1.82, 2.24) is 0 Å². The van der Waals surface area contributed by atoms with Crippen molar-refractivity contribution in [2.24, 2.45) is 9.98 Å². The van der Waals surface area contributed by atoms with Gasteiger partial charge >= 0.3 is 0 Å². The molecular formula is C26H30N2O2. The molecule has 0 bridgehead atoms. The normalized spacial score (nSPS) is 8.27. The average Bonchev–Trinajstić information content (AvgIpc) is 2.82. The molecule has 0 aliphatic carbocycles. The van der Waals surface area contributed by atoms with Crippen molar-refractivity contribution in [2.45, 2.75) is 26.7 Å². The number of hydrogen-bond donors (Lipinski definition) is 0. The first-order chi connectivity index (χ1) is 14.7. The zero-order valence-electron chi connectivity index (χ0n) is 18.2. The molecule has 3 aromatic carbocycles. The quantitative estimate of drug-likeness (QED) is 0.409. The minimum atomic E-state index is 1.00. The van der Waals surface area contributed by atoms with Crippen LogP contribution >= 0.6 is 0 Å². The van der Waals surface area contributed by atoms with Crippen molar-refractivity contribution in [1.29, 1.82) is 0 Å². The largest absolute Gasteiger partial charge is 0.234 e. The van der Waals surface area contributed by atoms with Gasteiger partial charge in [0, 0.05) is 14.1 Å². The minimum Gasteiger partial charge on any atom is -0.211 e. The summed E-state index contributed by atoms with van der Waals surface area (Å²) in [5, 5.41) is 0. The third kappa shape index (κ3) is 12.7. The maximum atomic E-state index is 8.88. The zero-order chi connectivity index (χ0) is 22.5. The van der Waals surface area contributed by atoms with E-state index in [-0.39, 0.29) is 0 Å². The van der Waals surface area contributed by atoms with E-state index >= 15 is 0 Å². The number of aliphatic imine (C=N–C) groups is 2. The van der Waals surface area contributed by atoms with Crippen LogP contribution in [0.15, 0.2) is 94.9 Å². The molecule has 0 aliphatic rings. The summed E-state index contributed by atoms with van der Waals surface area (Å²) in [6.45, 7) is 4.00. The smallest absolute Gasteiger partial charge is 0.211 e. The number of hydrogen-bond acceptors (Lipinski definition) is 4. The summed E-state index contributed by atoms with van der Waals surface area (Å²) in [4.78, 5) is 23.6. The van der Waals surface area contributed by atoms with E-state index in [1.54, 1.807) is 0 Å². The molecule has 0 aromatic heterocycles. The topological polar surface area (TPSA) is 58.9 Å². The molecule has 0 unspecified atom stereocenters. The third-order valence-corrected chi connectivity index (χ3v) is 3.68. The second-order valence-corrected chi connectivity index (χ2v) is 5.77. The zero-order valence-corrected chi connectivity index (χ0v) is 18.2. The van der Waals surface area contributed by atoms with Crippen LogP contribution in [0.4, 0.5) is 0 Å². The maximum Gasteiger partial charge on any atom is 0.234 e. The lowest BCUT2D eigenvalue weighted by Crippen LogP contribution is -1.92. The second-order valence-electron chi connectivity index (χ2n) is 5.77. The van der Waals surface area contributed by atoms with E-state index in [0.717, 1.165) is 12.8 Å². The molecule has 0 atom stereocenters. The van der Waals surface area contributed by atoms with Crippen molar-refractivity contribution < 1.29 is 9.59 Å². The number of rotatable bonds is 4. The molecule has 30 heavy (non-hydrogen) atoms. The van der Waals surface area contributed by atoms with E-state index < -0.39 is 0 Å². The Morgan fingerprint density at radius 3 is 1.17 bits per heavy atom. The summed E-state index contributed by atoms with van der Waals surface area (Å²) in [6, 6.07) is 30.2. The Labute approximate surface area is 180 Å². The Morgan fingerprint density at radius 1 is 0.567 bits per heavy atom. The molecule has 3 rings (SSSR count). The highest BCUT2D eigenvalue weighted by molar-refractivity contribution is 5.33. The summed E-state index contributed by atoms with van der Waals surface area (Å²) in [5.41, 5.74) is 5.49. The van der Waals surface area contributed by atoms with Crippen molar-refractivity contribution in [3.63, 3.8) is 0 Å². The van der Waals surface area contributed by atoms with Crippen molar-refractivity contribution in [3.8, 4) is 0 Å². The predicted octanol–water partition coefficient (Wildman–Crippen LogP) is 5.80. The molecular weight excluding hydrogens is 372 g/mol. The Morgan fingerprint density at radius 2 is 0.867 bits per heavy atom. The van der Waals surface area contributed by atoms with Crippen LogP contribution < -0.4 is 0 Å². The predicted molar refractivity (Wildman–Crippen MR) is 124 cm³/mol. The lowest BCUT2D eigenvalue weighted by atomic mass is 9.99. The van der Waals surface area contributed by atoms with Crippen molar-refractivity contribution in [3.05, 3.63) is 107 Å². The highest BCUT2D eigenvalue weighted by Gasteiger charge is 1.99. The lowest BCUT2D eigenvalue weighted by molar-refractivity contribution is 0.564. The van der Waals surface area contributed by atoms with Crippen LogP contribution in [0, 0.1) is 0 Å². The van der Waals surface area contributed by atoms with E-state index in [9.17, 15) is 0 Å². The number of isocyanates is 2. The van der Waals surface area contributed by atoms with Crippen LogP contribution in [0.25, 0.3) is 0 Å². The molecule has 0 N–H and O–H groups in total. The summed E-state index contributed by atoms with van der Waals surface area (Å²) in [7, 11) is 2.76. The van der Waals surface area contributed by atoms with E-state index in [4.69, 9.17) is 9.59 Å². The Hall–Kier alpha value is -3.58. The van der Waals surface area contributed by atoms with Gasteiger partial charge in [-0.05, 0) is 35.1 Å². The van der Waals surface area contributed by atoms with Crippen molar-refractivity contribution >= 4 is 12.2 Å². The number of benzene rings is 3. The van der Waals surface area contributed by atoms with Gasteiger partial charge < -0.3 is 0 Å². The fraction of sp³-hybridized carbons (Fsp3) is 0.231. The highest BCUT2D eigenvalue weighted by Crippen LogP contribution is 2.14. The van der Waals surface area contributed by atoms with Gasteiger partial charge in [-0.15, -0.1) is 0 Å². The van der Waals surface area contributed by atoms with Gasteiger partial charge in [0.25, 0.3) is 0 Å². The van der Waals surface area contributed by atoms with Crippen LogP contribution in [0.5, 0.6) is 0 Å². The summed E-state index contributed by atoms with van der Waals surface area (Å²) in [6.07, 6.45) is 4.62. The fourth-order valence-electron chi connectivity index (χ4n) is 2.51. The molecule has 0 amide bonds. The maximum absolute atomic E-state index is 8.88. The van der Waals surface area contributed by atoms with Gasteiger partial charge in [-0.1, -0.05) is 98.8 Å². The monoisotopic (exact) mass is 402 g/mol. The van der Waals surface area contributed by atoms with Gasteiger partial charge in [0.2, 0.25) is 12.2 Å². The Kier molecular flexibility index (Phi) is 16.5. The second kappa shape index (κ2) is 18.8. The molecule has 3 aromatic rings. The van der Waals surface area contributed by atoms with Crippen LogP contribution in [0.1, 0.15) is 36.1 Å². The van der Waals surface area contributed by atoms with Crippen LogP contribution in [0.2, 0.25) is 0 Å². The first kappa shape index (κ1) is 26.4. The molecule has 4 heteroatoms. The van der Waals surface area contributed by atoms with E-state index in [2.05, 4.69) is 94.9 Å². The summed E-state index contributed by atoms with van der Waals surface area (Å²) < 4.78 is 0. The SMILES string of the molecule is CC.CN=C=O.CN=C=O.c1ccc(Cc2cccc(Cc3ccccc3)c2)cc1. The molecule has 156 valence electrons. The third-order valence-electron chi connectivity index (χ3n) is 3.68. The summed E-state index contributed by atoms with van der Waals surface area (Å²) >= 11 is 0. The van der Waals surface area contributed by atoms with Crippen LogP contribution in [-0.4, -0.2) is 26.3 Å². The Balaban J connectivity index is 0.000000715. The fourth-order valence-corrected chi connectivity index (χ4v) is 2.51. The average molecular weight is 403 g/mol. The first-order valence-electron chi connectivity index (χ1n) is 9.81. The lowest BCUT2D eigenvalue weighted by Gasteiger charge is -2.06. The molecule has 0 heterocycles. The van der Waals surface area contributed by atoms with E-state index in [1.807, 2.05) is 13.8 Å².